The maximum absolute atomic E-state index is 13.5. The number of benzene rings is 1. The van der Waals surface area contributed by atoms with Gasteiger partial charge in [-0.25, -0.2) is 4.39 Å². The number of hydrogen-bond donors (Lipinski definition) is 1. The van der Waals surface area contributed by atoms with E-state index >= 15 is 0 Å². The molecular weight excluding hydrogens is 275 g/mol. The largest absolute Gasteiger partial charge is 0.449 e. The van der Waals surface area contributed by atoms with Crippen molar-refractivity contribution in [2.24, 2.45) is 0 Å². The van der Waals surface area contributed by atoms with E-state index < -0.39 is 17.5 Å². The fourth-order valence-electron chi connectivity index (χ4n) is 2.06. The van der Waals surface area contributed by atoms with Gasteiger partial charge < -0.3 is 14.8 Å². The van der Waals surface area contributed by atoms with Gasteiger partial charge in [-0.15, -0.1) is 0 Å². The van der Waals surface area contributed by atoms with E-state index in [0.717, 1.165) is 6.20 Å². The highest BCUT2D eigenvalue weighted by Gasteiger charge is 2.31. The van der Waals surface area contributed by atoms with Crippen molar-refractivity contribution in [1.29, 1.82) is 0 Å². The number of ether oxygens (including phenoxy) is 2. The Morgan fingerprint density at radius 3 is 2.76 bits per heavy atom. The van der Waals surface area contributed by atoms with Gasteiger partial charge in [0.1, 0.15) is 0 Å². The van der Waals surface area contributed by atoms with E-state index in [4.69, 9.17) is 9.47 Å². The quantitative estimate of drug-likeness (QED) is 0.923. The zero-order valence-corrected chi connectivity index (χ0v) is 11.5. The van der Waals surface area contributed by atoms with Crippen LogP contribution >= 0.6 is 0 Å². The van der Waals surface area contributed by atoms with Crippen LogP contribution < -0.4 is 14.8 Å². The van der Waals surface area contributed by atoms with Crippen molar-refractivity contribution in [3.63, 3.8) is 0 Å². The second kappa shape index (κ2) is 4.73. The smallest absolute Gasteiger partial charge is 0.258 e. The number of carbonyl (C=O) groups excluding carboxylic acids is 1. The van der Waals surface area contributed by atoms with E-state index in [2.05, 4.69) is 10.3 Å². The molecular formula is C15H13FN2O3. The maximum Gasteiger partial charge on any atom is 0.258 e. The highest BCUT2D eigenvalue weighted by Crippen LogP contribution is 2.40. The zero-order chi connectivity index (χ0) is 15.0. The minimum Gasteiger partial charge on any atom is -0.449 e. The molecule has 1 aliphatic heterocycles. The first-order chi connectivity index (χ1) is 9.94. The molecule has 0 spiro atoms. The van der Waals surface area contributed by atoms with Crippen LogP contribution in [0.2, 0.25) is 0 Å². The number of aromatic nitrogens is 1. The molecule has 0 radical (unpaired) electrons. The third-order valence-electron chi connectivity index (χ3n) is 2.93. The molecule has 1 aromatic carbocycles. The highest BCUT2D eigenvalue weighted by atomic mass is 19.1. The Labute approximate surface area is 120 Å². The van der Waals surface area contributed by atoms with E-state index in [9.17, 15) is 9.18 Å². The van der Waals surface area contributed by atoms with Crippen LogP contribution in [0, 0.1) is 5.82 Å². The van der Waals surface area contributed by atoms with Crippen molar-refractivity contribution in [1.82, 2.24) is 4.98 Å². The van der Waals surface area contributed by atoms with Crippen molar-refractivity contribution in [2.75, 3.05) is 5.32 Å². The van der Waals surface area contributed by atoms with E-state index in [1.807, 2.05) is 0 Å². The molecule has 0 saturated heterocycles. The summed E-state index contributed by atoms with van der Waals surface area (Å²) in [5, 5.41) is 2.61. The maximum atomic E-state index is 13.5. The number of nitrogens with one attached hydrogen (secondary N) is 1. The predicted molar refractivity (Wildman–Crippen MR) is 73.9 cm³/mol. The summed E-state index contributed by atoms with van der Waals surface area (Å²) < 4.78 is 24.6. The van der Waals surface area contributed by atoms with Crippen LogP contribution in [-0.4, -0.2) is 16.7 Å². The van der Waals surface area contributed by atoms with Crippen molar-refractivity contribution >= 4 is 11.6 Å². The molecule has 0 aliphatic carbocycles. The van der Waals surface area contributed by atoms with Crippen LogP contribution in [0.3, 0.4) is 0 Å². The Morgan fingerprint density at radius 2 is 2.00 bits per heavy atom. The number of rotatable bonds is 2. The molecule has 5 nitrogen and oxygen atoms in total. The van der Waals surface area contributed by atoms with Crippen LogP contribution in [0.1, 0.15) is 24.2 Å². The fourth-order valence-corrected chi connectivity index (χ4v) is 2.06. The Hall–Kier alpha value is -2.63. The van der Waals surface area contributed by atoms with E-state index in [0.29, 0.717) is 17.2 Å². The van der Waals surface area contributed by atoms with Gasteiger partial charge in [-0.1, -0.05) is 0 Å². The van der Waals surface area contributed by atoms with Crippen LogP contribution in [0.15, 0.2) is 36.7 Å². The molecule has 2 aromatic rings. The Kier molecular flexibility index (Phi) is 3.01. The van der Waals surface area contributed by atoms with E-state index in [1.165, 1.54) is 12.3 Å². The number of fused-ring (bicyclic) bond motifs is 1. The summed E-state index contributed by atoms with van der Waals surface area (Å²) >= 11 is 0. The lowest BCUT2D eigenvalue weighted by atomic mass is 10.2. The lowest BCUT2D eigenvalue weighted by molar-refractivity contribution is -0.0431. The number of anilines is 1. The van der Waals surface area contributed by atoms with Crippen LogP contribution in [0.25, 0.3) is 0 Å². The Bertz CT molecular complexity index is 716. The predicted octanol–water partition coefficient (Wildman–Crippen LogP) is 2.98. The standard InChI is InChI=1S/C15H13FN2O3/c1-15(2)20-12-4-3-9(7-13(12)21-15)18-14(19)10-5-6-17-8-11(10)16/h3-8H,1-2H3,(H,18,19). The van der Waals surface area contributed by atoms with Gasteiger partial charge in [-0.3, -0.25) is 9.78 Å². The molecule has 0 atom stereocenters. The number of pyridine rings is 1. The Balaban J connectivity index is 1.81. The molecule has 108 valence electrons. The second-order valence-corrected chi connectivity index (χ2v) is 5.08. The monoisotopic (exact) mass is 288 g/mol. The van der Waals surface area contributed by atoms with Gasteiger partial charge in [0.15, 0.2) is 17.3 Å². The van der Waals surface area contributed by atoms with Crippen molar-refractivity contribution in [2.45, 2.75) is 19.6 Å². The summed E-state index contributed by atoms with van der Waals surface area (Å²) in [5.74, 6) is -0.812. The first-order valence-corrected chi connectivity index (χ1v) is 6.37. The van der Waals surface area contributed by atoms with Gasteiger partial charge >= 0.3 is 0 Å². The van der Waals surface area contributed by atoms with Crippen LogP contribution in [-0.2, 0) is 0 Å². The van der Waals surface area contributed by atoms with Gasteiger partial charge in [0, 0.05) is 31.8 Å². The first kappa shape index (κ1) is 13.4. The summed E-state index contributed by atoms with van der Waals surface area (Å²) in [6.07, 6.45) is 2.36. The summed E-state index contributed by atoms with van der Waals surface area (Å²) in [5.41, 5.74) is 0.430. The fraction of sp³-hybridized carbons (Fsp3) is 0.200. The van der Waals surface area contributed by atoms with Gasteiger partial charge in [0.05, 0.1) is 11.8 Å². The zero-order valence-electron chi connectivity index (χ0n) is 11.5. The SMILES string of the molecule is CC1(C)Oc2ccc(NC(=O)c3ccncc3F)cc2O1. The lowest BCUT2D eigenvalue weighted by Gasteiger charge is -2.16. The molecule has 1 N–H and O–H groups in total. The number of amides is 1. The minimum atomic E-state index is -0.734. The average molecular weight is 288 g/mol. The molecule has 1 aliphatic rings. The molecule has 21 heavy (non-hydrogen) atoms. The first-order valence-electron chi connectivity index (χ1n) is 6.37. The number of carbonyl (C=O) groups is 1. The second-order valence-electron chi connectivity index (χ2n) is 5.08. The summed E-state index contributed by atoms with van der Waals surface area (Å²) in [4.78, 5) is 15.6. The normalized spacial score (nSPS) is 14.8. The third-order valence-corrected chi connectivity index (χ3v) is 2.93. The number of nitrogens with zero attached hydrogens (tertiary/aromatic N) is 1. The summed E-state index contributed by atoms with van der Waals surface area (Å²) in [7, 11) is 0. The van der Waals surface area contributed by atoms with Crippen molar-refractivity contribution in [3.8, 4) is 11.5 Å². The summed E-state index contributed by atoms with van der Waals surface area (Å²) in [6, 6.07) is 6.32. The van der Waals surface area contributed by atoms with E-state index in [-0.39, 0.29) is 5.56 Å². The molecule has 0 unspecified atom stereocenters. The number of hydrogen-bond acceptors (Lipinski definition) is 4. The molecule has 0 bridgehead atoms. The third kappa shape index (κ3) is 2.65. The van der Waals surface area contributed by atoms with E-state index in [1.54, 1.807) is 32.0 Å². The van der Waals surface area contributed by atoms with Gasteiger partial charge in [0.25, 0.3) is 5.91 Å². The van der Waals surface area contributed by atoms with Gasteiger partial charge in [-0.2, -0.15) is 0 Å². The minimum absolute atomic E-state index is 0.0667. The molecule has 6 heteroatoms. The average Bonchev–Trinajstić information content (AvgIpc) is 2.72. The van der Waals surface area contributed by atoms with Gasteiger partial charge in [-0.05, 0) is 18.2 Å². The van der Waals surface area contributed by atoms with Gasteiger partial charge in [0.2, 0.25) is 5.79 Å². The highest BCUT2D eigenvalue weighted by molar-refractivity contribution is 6.04. The Morgan fingerprint density at radius 1 is 1.24 bits per heavy atom. The molecule has 1 amide bonds. The topological polar surface area (TPSA) is 60.5 Å². The molecule has 0 saturated carbocycles. The molecule has 0 fully saturated rings. The van der Waals surface area contributed by atoms with Crippen molar-refractivity contribution < 1.29 is 18.7 Å². The molecule has 3 rings (SSSR count). The van der Waals surface area contributed by atoms with Crippen molar-refractivity contribution in [3.05, 3.63) is 48.0 Å². The lowest BCUT2D eigenvalue weighted by Crippen LogP contribution is -2.29. The number of halogens is 1. The van der Waals surface area contributed by atoms with Crippen LogP contribution in [0.4, 0.5) is 10.1 Å². The summed E-state index contributed by atoms with van der Waals surface area (Å²) in [6.45, 7) is 3.58. The molecule has 1 aromatic heterocycles. The molecule has 2 heterocycles. The van der Waals surface area contributed by atoms with Crippen LogP contribution in [0.5, 0.6) is 11.5 Å².